The van der Waals surface area contributed by atoms with E-state index in [9.17, 15) is 4.79 Å². The maximum absolute atomic E-state index is 10.8. The molecule has 0 spiro atoms. The normalized spacial score (nSPS) is 12.2. The number of hydrogen-bond donors (Lipinski definition) is 2. The van der Waals surface area contributed by atoms with Crippen LogP contribution in [0.1, 0.15) is 23.7 Å². The number of aromatic carboxylic acids is 1. The Kier molecular flexibility index (Phi) is 5.27. The molecule has 5 nitrogen and oxygen atoms in total. The van der Waals surface area contributed by atoms with Gasteiger partial charge in [0.25, 0.3) is 0 Å². The van der Waals surface area contributed by atoms with Crippen molar-refractivity contribution >= 4 is 29.2 Å². The van der Waals surface area contributed by atoms with Crippen LogP contribution in [0.25, 0.3) is 0 Å². The number of nitrogens with two attached hydrogens (primary N) is 1. The Morgan fingerprint density at radius 2 is 2.33 bits per heavy atom. The second kappa shape index (κ2) is 6.49. The molecule has 1 rings (SSSR count). The van der Waals surface area contributed by atoms with Gasteiger partial charge in [-0.05, 0) is 18.7 Å². The Morgan fingerprint density at radius 1 is 1.67 bits per heavy atom. The number of carbonyl (C=O) groups is 1. The molecular formula is C12H19N3O2S. The predicted octanol–water partition coefficient (Wildman–Crippen LogP) is 1.94. The van der Waals surface area contributed by atoms with Crippen molar-refractivity contribution in [2.45, 2.75) is 19.4 Å². The average molecular weight is 269 g/mol. The number of pyridine rings is 1. The lowest BCUT2D eigenvalue weighted by Gasteiger charge is -2.28. The molecule has 1 aromatic rings. The van der Waals surface area contributed by atoms with E-state index < -0.39 is 5.97 Å². The molecule has 0 saturated heterocycles. The lowest BCUT2D eigenvalue weighted by atomic mass is 10.2. The first-order chi connectivity index (χ1) is 8.51. The second-order valence-corrected chi connectivity index (χ2v) is 4.98. The Morgan fingerprint density at radius 3 is 2.78 bits per heavy atom. The van der Waals surface area contributed by atoms with E-state index in [-0.39, 0.29) is 5.56 Å². The highest BCUT2D eigenvalue weighted by molar-refractivity contribution is 7.98. The molecule has 6 heteroatoms. The highest BCUT2D eigenvalue weighted by atomic mass is 32.2. The van der Waals surface area contributed by atoms with Crippen LogP contribution in [0.2, 0.25) is 0 Å². The molecule has 18 heavy (non-hydrogen) atoms. The molecule has 0 aliphatic heterocycles. The lowest BCUT2D eigenvalue weighted by Crippen LogP contribution is -2.34. The van der Waals surface area contributed by atoms with Crippen LogP contribution in [-0.4, -0.2) is 41.2 Å². The molecule has 100 valence electrons. The minimum atomic E-state index is -1.01. The van der Waals surface area contributed by atoms with Crippen molar-refractivity contribution in [2.24, 2.45) is 0 Å². The van der Waals surface area contributed by atoms with E-state index in [4.69, 9.17) is 10.8 Å². The summed E-state index contributed by atoms with van der Waals surface area (Å²) in [4.78, 5) is 17.0. The maximum Gasteiger partial charge on any atom is 0.337 e. The van der Waals surface area contributed by atoms with E-state index >= 15 is 0 Å². The number of anilines is 2. The number of carboxylic acids is 1. The van der Waals surface area contributed by atoms with Crippen LogP contribution in [-0.2, 0) is 0 Å². The summed E-state index contributed by atoms with van der Waals surface area (Å²) < 4.78 is 0. The average Bonchev–Trinajstić information content (AvgIpc) is 2.34. The number of thioether (sulfide) groups is 1. The summed E-state index contributed by atoms with van der Waals surface area (Å²) in [5.74, 6) is 0.606. The van der Waals surface area contributed by atoms with Crippen LogP contribution in [0.15, 0.2) is 12.3 Å². The third-order valence-corrected chi connectivity index (χ3v) is 3.57. The van der Waals surface area contributed by atoms with Crippen LogP contribution in [0.3, 0.4) is 0 Å². The zero-order chi connectivity index (χ0) is 13.7. The van der Waals surface area contributed by atoms with Gasteiger partial charge in [0.15, 0.2) is 5.82 Å². The summed E-state index contributed by atoms with van der Waals surface area (Å²) in [6.07, 6.45) is 4.39. The van der Waals surface area contributed by atoms with Gasteiger partial charge in [0.2, 0.25) is 0 Å². The van der Waals surface area contributed by atoms with E-state index in [0.29, 0.717) is 17.5 Å². The summed E-state index contributed by atoms with van der Waals surface area (Å²) in [7, 11) is 1.93. The minimum absolute atomic E-state index is 0.113. The van der Waals surface area contributed by atoms with Gasteiger partial charge < -0.3 is 15.7 Å². The molecule has 0 saturated carbocycles. The molecule has 0 bridgehead atoms. The maximum atomic E-state index is 10.8. The highest BCUT2D eigenvalue weighted by Crippen LogP contribution is 2.23. The standard InChI is InChI=1S/C12H19N3O2S/c1-4-9(7-18-3)15(2)11-10(13)5-8(6-14-11)12(16)17/h5-6,9H,4,7,13H2,1-3H3,(H,16,17). The van der Waals surface area contributed by atoms with E-state index in [0.717, 1.165) is 12.2 Å². The molecular weight excluding hydrogens is 250 g/mol. The molecule has 3 N–H and O–H groups in total. The molecule has 1 aromatic heterocycles. The van der Waals surface area contributed by atoms with E-state index in [1.807, 2.05) is 11.9 Å². The third-order valence-electron chi connectivity index (χ3n) is 2.85. The number of rotatable bonds is 6. The van der Waals surface area contributed by atoms with Crippen LogP contribution in [0.5, 0.6) is 0 Å². The van der Waals surface area contributed by atoms with Gasteiger partial charge in [-0.2, -0.15) is 11.8 Å². The van der Waals surface area contributed by atoms with Crippen LogP contribution in [0, 0.1) is 0 Å². The molecule has 0 fully saturated rings. The van der Waals surface area contributed by atoms with Gasteiger partial charge in [-0.3, -0.25) is 0 Å². The number of hydrogen-bond acceptors (Lipinski definition) is 5. The molecule has 0 radical (unpaired) electrons. The number of nitrogen functional groups attached to an aromatic ring is 1. The molecule has 0 amide bonds. The first kappa shape index (κ1) is 14.6. The minimum Gasteiger partial charge on any atom is -0.478 e. The van der Waals surface area contributed by atoms with Crippen LogP contribution < -0.4 is 10.6 Å². The Labute approximate surface area is 111 Å². The fourth-order valence-corrected chi connectivity index (χ4v) is 2.60. The largest absolute Gasteiger partial charge is 0.478 e. The summed E-state index contributed by atoms with van der Waals surface area (Å²) in [6, 6.07) is 1.79. The van der Waals surface area contributed by atoms with Gasteiger partial charge in [-0.15, -0.1) is 0 Å². The molecule has 1 unspecified atom stereocenters. The van der Waals surface area contributed by atoms with E-state index in [1.165, 1.54) is 12.3 Å². The zero-order valence-corrected chi connectivity index (χ0v) is 11.7. The van der Waals surface area contributed by atoms with Gasteiger partial charge in [-0.1, -0.05) is 6.92 Å². The summed E-state index contributed by atoms with van der Waals surface area (Å²) >= 11 is 1.77. The first-order valence-electron chi connectivity index (χ1n) is 5.71. The monoisotopic (exact) mass is 269 g/mol. The molecule has 1 heterocycles. The SMILES string of the molecule is CCC(CSC)N(C)c1ncc(C(=O)O)cc1N. The number of nitrogens with zero attached hydrogens (tertiary/aromatic N) is 2. The van der Waals surface area contributed by atoms with Gasteiger partial charge in [0, 0.05) is 25.0 Å². The smallest absolute Gasteiger partial charge is 0.337 e. The zero-order valence-electron chi connectivity index (χ0n) is 10.9. The van der Waals surface area contributed by atoms with Crippen molar-refractivity contribution in [3.8, 4) is 0 Å². The quantitative estimate of drug-likeness (QED) is 0.821. The Balaban J connectivity index is 2.98. The highest BCUT2D eigenvalue weighted by Gasteiger charge is 2.17. The van der Waals surface area contributed by atoms with Crippen molar-refractivity contribution in [3.63, 3.8) is 0 Å². The van der Waals surface area contributed by atoms with Gasteiger partial charge >= 0.3 is 5.97 Å². The van der Waals surface area contributed by atoms with Crippen LogP contribution >= 0.6 is 11.8 Å². The van der Waals surface area contributed by atoms with Gasteiger partial charge in [0.05, 0.1) is 11.3 Å². The Hall–Kier alpha value is -1.43. The topological polar surface area (TPSA) is 79.5 Å². The van der Waals surface area contributed by atoms with Crippen molar-refractivity contribution in [3.05, 3.63) is 17.8 Å². The predicted molar refractivity (Wildman–Crippen MR) is 76.5 cm³/mol. The summed E-state index contributed by atoms with van der Waals surface area (Å²) in [6.45, 7) is 2.11. The number of aromatic nitrogens is 1. The van der Waals surface area contributed by atoms with E-state index in [1.54, 1.807) is 11.8 Å². The summed E-state index contributed by atoms with van der Waals surface area (Å²) in [5, 5.41) is 8.87. The third kappa shape index (κ3) is 3.29. The molecule has 0 aliphatic rings. The van der Waals surface area contributed by atoms with Crippen LogP contribution in [0.4, 0.5) is 11.5 Å². The molecule has 0 aliphatic carbocycles. The van der Waals surface area contributed by atoms with Crippen molar-refractivity contribution < 1.29 is 9.90 Å². The first-order valence-corrected chi connectivity index (χ1v) is 7.11. The molecule has 1 atom stereocenters. The lowest BCUT2D eigenvalue weighted by molar-refractivity contribution is 0.0696. The molecule has 0 aromatic carbocycles. The van der Waals surface area contributed by atoms with Crippen molar-refractivity contribution in [1.82, 2.24) is 4.98 Å². The number of carboxylic acid groups (broad SMARTS) is 1. The van der Waals surface area contributed by atoms with E-state index in [2.05, 4.69) is 18.2 Å². The van der Waals surface area contributed by atoms with Gasteiger partial charge in [0.1, 0.15) is 0 Å². The summed E-state index contributed by atoms with van der Waals surface area (Å²) in [5.41, 5.74) is 6.39. The van der Waals surface area contributed by atoms with Gasteiger partial charge in [-0.25, -0.2) is 9.78 Å². The Bertz CT molecular complexity index is 426. The fraction of sp³-hybridized carbons (Fsp3) is 0.500. The van der Waals surface area contributed by atoms with Crippen molar-refractivity contribution in [2.75, 3.05) is 29.7 Å². The van der Waals surface area contributed by atoms with Crippen molar-refractivity contribution in [1.29, 1.82) is 0 Å². The second-order valence-electron chi connectivity index (χ2n) is 4.07. The fourth-order valence-electron chi connectivity index (χ4n) is 1.76.